The second-order valence-electron chi connectivity index (χ2n) is 6.02. The number of hydrogen-bond donors (Lipinski definition) is 1. The molecule has 0 saturated carbocycles. The standard InChI is InChI=1S/C19H25NO5/c1-5-10-24-14(4)19(23)25-12-17(21)15-6-8-16(9-7-15)20-18(22)11-13(2)3/h5-9,13-14H,1,10-12H2,2-4H3,(H,20,22). The minimum Gasteiger partial charge on any atom is -0.455 e. The number of amides is 1. The van der Waals surface area contributed by atoms with Gasteiger partial charge in [0.15, 0.2) is 18.5 Å². The third kappa shape index (κ3) is 7.76. The lowest BCUT2D eigenvalue weighted by Crippen LogP contribution is -2.26. The first-order valence-electron chi connectivity index (χ1n) is 8.15. The van der Waals surface area contributed by atoms with E-state index in [2.05, 4.69) is 11.9 Å². The molecule has 1 N–H and O–H groups in total. The van der Waals surface area contributed by atoms with E-state index in [4.69, 9.17) is 9.47 Å². The Bertz CT molecular complexity index is 607. The fraction of sp³-hybridized carbons (Fsp3) is 0.421. The summed E-state index contributed by atoms with van der Waals surface area (Å²) in [5.74, 6) is -0.734. The van der Waals surface area contributed by atoms with Crippen LogP contribution in [0.3, 0.4) is 0 Å². The average Bonchev–Trinajstić information content (AvgIpc) is 2.57. The van der Waals surface area contributed by atoms with Crippen molar-refractivity contribution >= 4 is 23.3 Å². The molecule has 136 valence electrons. The first-order chi connectivity index (χ1) is 11.8. The highest BCUT2D eigenvalue weighted by molar-refractivity contribution is 5.99. The summed E-state index contributed by atoms with van der Waals surface area (Å²) in [6, 6.07) is 6.45. The summed E-state index contributed by atoms with van der Waals surface area (Å²) >= 11 is 0. The molecule has 0 fully saturated rings. The van der Waals surface area contributed by atoms with Crippen LogP contribution >= 0.6 is 0 Å². The maximum absolute atomic E-state index is 12.0. The highest BCUT2D eigenvalue weighted by Crippen LogP contribution is 2.12. The van der Waals surface area contributed by atoms with Crippen molar-refractivity contribution < 1.29 is 23.9 Å². The minimum absolute atomic E-state index is 0.0727. The zero-order chi connectivity index (χ0) is 18.8. The van der Waals surface area contributed by atoms with Crippen LogP contribution in [0.25, 0.3) is 0 Å². The van der Waals surface area contributed by atoms with Gasteiger partial charge in [0.25, 0.3) is 0 Å². The van der Waals surface area contributed by atoms with Gasteiger partial charge in [-0.1, -0.05) is 19.9 Å². The molecule has 0 spiro atoms. The number of nitrogens with one attached hydrogen (secondary N) is 1. The van der Waals surface area contributed by atoms with Crippen molar-refractivity contribution in [3.05, 3.63) is 42.5 Å². The second-order valence-corrected chi connectivity index (χ2v) is 6.02. The van der Waals surface area contributed by atoms with Gasteiger partial charge in [-0.25, -0.2) is 4.79 Å². The van der Waals surface area contributed by atoms with E-state index < -0.39 is 12.1 Å². The van der Waals surface area contributed by atoms with Crippen LogP contribution < -0.4 is 5.32 Å². The summed E-state index contributed by atoms with van der Waals surface area (Å²) in [4.78, 5) is 35.4. The van der Waals surface area contributed by atoms with Gasteiger partial charge in [0, 0.05) is 17.7 Å². The molecule has 0 aromatic heterocycles. The first kappa shape index (κ1) is 20.6. The highest BCUT2D eigenvalue weighted by atomic mass is 16.6. The number of anilines is 1. The predicted molar refractivity (Wildman–Crippen MR) is 95.4 cm³/mol. The van der Waals surface area contributed by atoms with E-state index in [1.807, 2.05) is 13.8 Å². The Labute approximate surface area is 148 Å². The molecule has 0 saturated heterocycles. The summed E-state index contributed by atoms with van der Waals surface area (Å²) in [6.45, 7) is 8.83. The van der Waals surface area contributed by atoms with Crippen molar-refractivity contribution in [1.29, 1.82) is 0 Å². The topological polar surface area (TPSA) is 81.7 Å². The van der Waals surface area contributed by atoms with Crippen LogP contribution in [-0.2, 0) is 19.1 Å². The van der Waals surface area contributed by atoms with Gasteiger partial charge in [0.2, 0.25) is 5.91 Å². The molecule has 0 aliphatic carbocycles. The number of hydrogen-bond acceptors (Lipinski definition) is 5. The number of carbonyl (C=O) groups is 3. The van der Waals surface area contributed by atoms with E-state index in [9.17, 15) is 14.4 Å². The summed E-state index contributed by atoms with van der Waals surface area (Å²) in [6.07, 6.45) is 1.20. The molecule has 1 atom stereocenters. The summed E-state index contributed by atoms with van der Waals surface area (Å²) in [7, 11) is 0. The Hall–Kier alpha value is -2.47. The predicted octanol–water partition coefficient (Wildman–Crippen LogP) is 2.99. The Kier molecular flexibility index (Phi) is 8.56. The number of ketones is 1. The van der Waals surface area contributed by atoms with Crippen molar-refractivity contribution in [1.82, 2.24) is 0 Å². The van der Waals surface area contributed by atoms with E-state index in [1.54, 1.807) is 31.2 Å². The number of Topliss-reactive ketones (excluding diaryl/α,β-unsaturated/α-hetero) is 1. The SMILES string of the molecule is C=CCOC(C)C(=O)OCC(=O)c1ccc(NC(=O)CC(C)C)cc1. The number of benzene rings is 1. The van der Waals surface area contributed by atoms with Gasteiger partial charge in [-0.3, -0.25) is 9.59 Å². The normalized spacial score (nSPS) is 11.7. The quantitative estimate of drug-likeness (QED) is 0.400. The van der Waals surface area contributed by atoms with Gasteiger partial charge in [-0.15, -0.1) is 6.58 Å². The van der Waals surface area contributed by atoms with Crippen molar-refractivity contribution in [2.24, 2.45) is 5.92 Å². The monoisotopic (exact) mass is 347 g/mol. The van der Waals surface area contributed by atoms with E-state index >= 15 is 0 Å². The van der Waals surface area contributed by atoms with Crippen LogP contribution in [0.1, 0.15) is 37.6 Å². The van der Waals surface area contributed by atoms with E-state index in [0.29, 0.717) is 17.7 Å². The summed E-state index contributed by atoms with van der Waals surface area (Å²) in [5, 5.41) is 2.76. The van der Waals surface area contributed by atoms with Gasteiger partial charge in [-0.2, -0.15) is 0 Å². The summed E-state index contributed by atoms with van der Waals surface area (Å²) in [5.41, 5.74) is 1.01. The molecule has 25 heavy (non-hydrogen) atoms. The molecule has 0 aliphatic heterocycles. The van der Waals surface area contributed by atoms with Gasteiger partial charge in [0.1, 0.15) is 0 Å². The maximum Gasteiger partial charge on any atom is 0.335 e. The lowest BCUT2D eigenvalue weighted by molar-refractivity contribution is -0.154. The van der Waals surface area contributed by atoms with Crippen LogP contribution in [-0.4, -0.2) is 37.0 Å². The lowest BCUT2D eigenvalue weighted by Gasteiger charge is -2.11. The van der Waals surface area contributed by atoms with Gasteiger partial charge >= 0.3 is 5.97 Å². The van der Waals surface area contributed by atoms with Crippen molar-refractivity contribution in [2.75, 3.05) is 18.5 Å². The second kappa shape index (κ2) is 10.4. The average molecular weight is 347 g/mol. The number of esters is 1. The van der Waals surface area contributed by atoms with Crippen LogP contribution in [0.4, 0.5) is 5.69 Å². The fourth-order valence-corrected chi connectivity index (χ4v) is 1.94. The Morgan fingerprint density at radius 2 is 1.80 bits per heavy atom. The Balaban J connectivity index is 2.50. The van der Waals surface area contributed by atoms with Crippen LogP contribution in [0.15, 0.2) is 36.9 Å². The molecule has 6 nitrogen and oxygen atoms in total. The molecular formula is C19H25NO5. The molecule has 0 heterocycles. The zero-order valence-electron chi connectivity index (χ0n) is 14.9. The fourth-order valence-electron chi connectivity index (χ4n) is 1.94. The molecule has 1 aromatic rings. The highest BCUT2D eigenvalue weighted by Gasteiger charge is 2.16. The van der Waals surface area contributed by atoms with E-state index in [0.717, 1.165) is 0 Å². The van der Waals surface area contributed by atoms with Crippen LogP contribution in [0, 0.1) is 5.92 Å². The van der Waals surface area contributed by atoms with Gasteiger partial charge < -0.3 is 14.8 Å². The summed E-state index contributed by atoms with van der Waals surface area (Å²) < 4.78 is 10.1. The smallest absolute Gasteiger partial charge is 0.335 e. The zero-order valence-corrected chi connectivity index (χ0v) is 14.9. The van der Waals surface area contributed by atoms with Gasteiger partial charge in [-0.05, 0) is 37.1 Å². The van der Waals surface area contributed by atoms with Gasteiger partial charge in [0.05, 0.1) is 6.61 Å². The minimum atomic E-state index is -0.760. The van der Waals surface area contributed by atoms with Crippen molar-refractivity contribution in [3.8, 4) is 0 Å². The van der Waals surface area contributed by atoms with Crippen molar-refractivity contribution in [2.45, 2.75) is 33.3 Å². The largest absolute Gasteiger partial charge is 0.455 e. The molecule has 1 amide bonds. The van der Waals surface area contributed by atoms with E-state index in [-0.39, 0.29) is 30.8 Å². The molecule has 0 aliphatic rings. The van der Waals surface area contributed by atoms with Crippen LogP contribution in [0.2, 0.25) is 0 Å². The maximum atomic E-state index is 12.0. The first-order valence-corrected chi connectivity index (χ1v) is 8.15. The Morgan fingerprint density at radius 1 is 1.16 bits per heavy atom. The molecule has 1 aromatic carbocycles. The van der Waals surface area contributed by atoms with Crippen molar-refractivity contribution in [3.63, 3.8) is 0 Å². The van der Waals surface area contributed by atoms with Crippen LogP contribution in [0.5, 0.6) is 0 Å². The third-order valence-electron chi connectivity index (χ3n) is 3.23. The number of rotatable bonds is 10. The Morgan fingerprint density at radius 3 is 2.36 bits per heavy atom. The molecular weight excluding hydrogens is 322 g/mol. The van der Waals surface area contributed by atoms with E-state index in [1.165, 1.54) is 6.08 Å². The third-order valence-corrected chi connectivity index (χ3v) is 3.23. The number of carbonyl (C=O) groups excluding carboxylic acids is 3. The molecule has 6 heteroatoms. The number of ether oxygens (including phenoxy) is 2. The lowest BCUT2D eigenvalue weighted by atomic mass is 10.1. The molecule has 0 radical (unpaired) electrons. The molecule has 0 bridgehead atoms. The molecule has 1 rings (SSSR count). The molecule has 1 unspecified atom stereocenters.